The lowest BCUT2D eigenvalue weighted by atomic mass is 9.95. The molecule has 0 aromatic heterocycles. The molecule has 0 saturated carbocycles. The summed E-state index contributed by atoms with van der Waals surface area (Å²) in [4.78, 5) is 57.3. The lowest BCUT2D eigenvalue weighted by Crippen LogP contribution is -2.71. The van der Waals surface area contributed by atoms with Gasteiger partial charge in [-0.1, -0.05) is 152 Å². The molecular formula is C43H36N2O6S. The quantitative estimate of drug-likeness (QED) is 0.0887. The van der Waals surface area contributed by atoms with Gasteiger partial charge in [0.15, 0.2) is 18.1 Å². The number of nitrogens with one attached hydrogen (secondary N) is 1. The third kappa shape index (κ3) is 7.13. The summed E-state index contributed by atoms with van der Waals surface area (Å²) in [6.07, 6.45) is -1.45. The molecule has 1 saturated heterocycles. The van der Waals surface area contributed by atoms with Crippen molar-refractivity contribution in [2.24, 2.45) is 0 Å². The fraction of sp³-hybridized carbons (Fsp3) is 0.163. The van der Waals surface area contributed by atoms with Crippen LogP contribution in [0.4, 0.5) is 0 Å². The molecule has 7 rings (SSSR count). The SMILES string of the molecule is CC1=C(C(=O)OC(c2ccccc2)c2ccccc2)N2C(=O)C(NC(=O)C(C(=O)OC(c3ccccc3)c3ccccc3)c3ccccc3)[C@@H]2SC1. The maximum Gasteiger partial charge on any atom is 0.356 e. The standard InChI is InChI=1S/C43H36N2O6S/c1-28-27-52-41-35(40(47)45(41)36(28)43(49)51-38(32-23-13-5-14-24-32)33-25-15-6-16-26-33)44-39(46)34(29-17-7-2-8-18-29)42(48)50-37(30-19-9-3-10-20-30)31-21-11-4-12-22-31/h2-26,34-35,37-38,41H,27H2,1H3,(H,44,46)/t34?,35?,41-/m0/s1. The molecule has 0 spiro atoms. The lowest BCUT2D eigenvalue weighted by Gasteiger charge is -2.49. The van der Waals surface area contributed by atoms with Crippen LogP contribution in [0.2, 0.25) is 0 Å². The summed E-state index contributed by atoms with van der Waals surface area (Å²) < 4.78 is 12.3. The van der Waals surface area contributed by atoms with Gasteiger partial charge < -0.3 is 14.8 Å². The molecule has 8 nitrogen and oxygen atoms in total. The highest BCUT2D eigenvalue weighted by molar-refractivity contribution is 8.00. The maximum atomic E-state index is 14.1. The molecule has 52 heavy (non-hydrogen) atoms. The summed E-state index contributed by atoms with van der Waals surface area (Å²) in [6.45, 7) is 1.80. The maximum absolute atomic E-state index is 14.1. The second-order valence-electron chi connectivity index (χ2n) is 12.6. The molecule has 2 aliphatic rings. The van der Waals surface area contributed by atoms with Gasteiger partial charge in [0.2, 0.25) is 5.91 Å². The number of rotatable bonds is 11. The monoisotopic (exact) mass is 708 g/mol. The van der Waals surface area contributed by atoms with Gasteiger partial charge in [0, 0.05) is 5.75 Å². The predicted octanol–water partition coefficient (Wildman–Crippen LogP) is 7.11. The molecule has 5 aromatic carbocycles. The van der Waals surface area contributed by atoms with Crippen molar-refractivity contribution in [3.8, 4) is 0 Å². The lowest BCUT2D eigenvalue weighted by molar-refractivity contribution is -0.156. The number of hydrogen-bond donors (Lipinski definition) is 1. The van der Waals surface area contributed by atoms with Gasteiger partial charge in [0.05, 0.1) is 0 Å². The molecule has 9 heteroatoms. The third-order valence-electron chi connectivity index (χ3n) is 9.15. The van der Waals surface area contributed by atoms with Crippen molar-refractivity contribution in [3.05, 3.63) is 191 Å². The number of ether oxygens (including phenoxy) is 2. The fourth-order valence-electron chi connectivity index (χ4n) is 6.55. The molecule has 0 bridgehead atoms. The molecule has 2 heterocycles. The molecule has 2 unspecified atom stereocenters. The number of thioether (sulfide) groups is 1. The number of β-lactam (4-membered cyclic amide) rings is 1. The van der Waals surface area contributed by atoms with Crippen molar-refractivity contribution in [2.45, 2.75) is 36.5 Å². The highest BCUT2D eigenvalue weighted by Gasteiger charge is 2.55. The Morgan fingerprint density at radius 1 is 0.635 bits per heavy atom. The van der Waals surface area contributed by atoms with Crippen LogP contribution >= 0.6 is 11.8 Å². The summed E-state index contributed by atoms with van der Waals surface area (Å²) in [5.74, 6) is -3.41. The van der Waals surface area contributed by atoms with Crippen molar-refractivity contribution in [1.29, 1.82) is 0 Å². The van der Waals surface area contributed by atoms with E-state index in [1.165, 1.54) is 16.7 Å². The van der Waals surface area contributed by atoms with Gasteiger partial charge in [0.1, 0.15) is 17.1 Å². The molecule has 1 fully saturated rings. The number of carbonyl (C=O) groups excluding carboxylic acids is 4. The second kappa shape index (κ2) is 15.5. The number of benzene rings is 5. The minimum Gasteiger partial charge on any atom is -0.452 e. The molecule has 2 amide bonds. The average Bonchev–Trinajstić information content (AvgIpc) is 3.19. The van der Waals surface area contributed by atoms with Gasteiger partial charge >= 0.3 is 11.9 Å². The van der Waals surface area contributed by atoms with Crippen LogP contribution < -0.4 is 5.32 Å². The molecule has 3 atom stereocenters. The first-order chi connectivity index (χ1) is 25.4. The predicted molar refractivity (Wildman–Crippen MR) is 199 cm³/mol. The van der Waals surface area contributed by atoms with E-state index in [1.54, 1.807) is 37.3 Å². The van der Waals surface area contributed by atoms with Gasteiger partial charge in [0.25, 0.3) is 5.91 Å². The zero-order valence-corrected chi connectivity index (χ0v) is 29.1. The minimum absolute atomic E-state index is 0.170. The summed E-state index contributed by atoms with van der Waals surface area (Å²) in [7, 11) is 0. The second-order valence-corrected chi connectivity index (χ2v) is 13.7. The van der Waals surface area contributed by atoms with Gasteiger partial charge in [-0.15, -0.1) is 11.8 Å². The third-order valence-corrected chi connectivity index (χ3v) is 10.6. The van der Waals surface area contributed by atoms with Crippen LogP contribution in [0.5, 0.6) is 0 Å². The highest BCUT2D eigenvalue weighted by atomic mass is 32.2. The van der Waals surface area contributed by atoms with Crippen molar-refractivity contribution < 1.29 is 28.7 Å². The number of hydrogen-bond acceptors (Lipinski definition) is 7. The van der Waals surface area contributed by atoms with E-state index in [9.17, 15) is 19.2 Å². The Labute approximate surface area is 306 Å². The summed E-state index contributed by atoms with van der Waals surface area (Å²) >= 11 is 1.44. The van der Waals surface area contributed by atoms with Gasteiger partial charge in [-0.3, -0.25) is 19.3 Å². The molecule has 1 N–H and O–H groups in total. The van der Waals surface area contributed by atoms with E-state index in [2.05, 4.69) is 5.32 Å². The van der Waals surface area contributed by atoms with Crippen molar-refractivity contribution in [2.75, 3.05) is 5.75 Å². The molecule has 2 aliphatic heterocycles. The highest BCUT2D eigenvalue weighted by Crippen LogP contribution is 2.42. The van der Waals surface area contributed by atoms with Crippen molar-refractivity contribution in [1.82, 2.24) is 10.2 Å². The smallest absolute Gasteiger partial charge is 0.356 e. The Kier molecular flexibility index (Phi) is 10.3. The van der Waals surface area contributed by atoms with Crippen LogP contribution in [0.15, 0.2) is 163 Å². The number of carbonyl (C=O) groups is 4. The molecule has 0 radical (unpaired) electrons. The van der Waals surface area contributed by atoms with E-state index in [4.69, 9.17) is 9.47 Å². The Balaban J connectivity index is 1.11. The molecular weight excluding hydrogens is 673 g/mol. The summed E-state index contributed by atoms with van der Waals surface area (Å²) in [5.41, 5.74) is 4.39. The Morgan fingerprint density at radius 3 is 1.48 bits per heavy atom. The van der Waals surface area contributed by atoms with E-state index in [-0.39, 0.29) is 5.70 Å². The zero-order valence-electron chi connectivity index (χ0n) is 28.3. The average molecular weight is 709 g/mol. The number of amides is 2. The van der Waals surface area contributed by atoms with Crippen molar-refractivity contribution >= 4 is 35.5 Å². The zero-order chi connectivity index (χ0) is 36.0. The first-order valence-electron chi connectivity index (χ1n) is 17.0. The Bertz CT molecular complexity index is 2000. The Hall–Kier alpha value is -5.93. The van der Waals surface area contributed by atoms with E-state index >= 15 is 0 Å². The van der Waals surface area contributed by atoms with Gasteiger partial charge in [-0.25, -0.2) is 4.79 Å². The largest absolute Gasteiger partial charge is 0.452 e. The molecule has 260 valence electrons. The topological polar surface area (TPSA) is 102 Å². The molecule has 5 aromatic rings. The van der Waals surface area contributed by atoms with E-state index in [0.29, 0.717) is 16.9 Å². The normalized spacial score (nSPS) is 17.2. The summed E-state index contributed by atoms with van der Waals surface area (Å²) in [6, 6.07) is 45.2. The minimum atomic E-state index is -1.36. The fourth-order valence-corrected chi connectivity index (χ4v) is 7.85. The van der Waals surface area contributed by atoms with Crippen LogP contribution in [0.25, 0.3) is 0 Å². The summed E-state index contributed by atoms with van der Waals surface area (Å²) in [5, 5.41) is 2.27. The van der Waals surface area contributed by atoms with E-state index in [1.807, 2.05) is 121 Å². The van der Waals surface area contributed by atoms with Crippen LogP contribution in [0, 0.1) is 0 Å². The van der Waals surface area contributed by atoms with Gasteiger partial charge in [-0.2, -0.15) is 0 Å². The van der Waals surface area contributed by atoms with Crippen LogP contribution in [0.3, 0.4) is 0 Å². The first kappa shape index (κ1) is 34.5. The first-order valence-corrected chi connectivity index (χ1v) is 18.1. The Morgan fingerprint density at radius 2 is 1.04 bits per heavy atom. The van der Waals surface area contributed by atoms with Crippen LogP contribution in [-0.4, -0.2) is 45.8 Å². The van der Waals surface area contributed by atoms with Crippen LogP contribution in [0.1, 0.15) is 52.9 Å². The van der Waals surface area contributed by atoms with Crippen molar-refractivity contribution in [3.63, 3.8) is 0 Å². The van der Waals surface area contributed by atoms with E-state index in [0.717, 1.165) is 22.3 Å². The van der Waals surface area contributed by atoms with E-state index < -0.39 is 53.3 Å². The number of fused-ring (bicyclic) bond motifs is 1. The van der Waals surface area contributed by atoms with Crippen LogP contribution in [-0.2, 0) is 28.7 Å². The molecule has 0 aliphatic carbocycles. The van der Waals surface area contributed by atoms with Gasteiger partial charge in [-0.05, 0) is 40.3 Å². The number of nitrogens with zero attached hydrogens (tertiary/aromatic N) is 1. The number of esters is 2.